The summed E-state index contributed by atoms with van der Waals surface area (Å²) in [7, 11) is 0. The number of para-hydroxylation sites is 2. The highest BCUT2D eigenvalue weighted by Gasteiger charge is 2.19. The molecule has 2 heterocycles. The predicted molar refractivity (Wildman–Crippen MR) is 91.6 cm³/mol. The fourth-order valence-corrected chi connectivity index (χ4v) is 2.73. The van der Waals surface area contributed by atoms with Gasteiger partial charge in [0.2, 0.25) is 0 Å². The summed E-state index contributed by atoms with van der Waals surface area (Å²) in [6.45, 7) is 2.11. The van der Waals surface area contributed by atoms with Crippen molar-refractivity contribution in [3.63, 3.8) is 0 Å². The molecule has 0 saturated heterocycles. The van der Waals surface area contributed by atoms with Crippen molar-refractivity contribution in [2.24, 2.45) is 0 Å². The molecule has 1 unspecified atom stereocenters. The van der Waals surface area contributed by atoms with Gasteiger partial charge in [0, 0.05) is 25.5 Å². The van der Waals surface area contributed by atoms with Crippen LogP contribution in [0.2, 0.25) is 0 Å². The number of fused-ring (bicyclic) bond motifs is 1. The molecular weight excluding hydrogens is 302 g/mol. The zero-order valence-electron chi connectivity index (χ0n) is 13.3. The average molecular weight is 321 g/mol. The third kappa shape index (κ3) is 3.26. The minimum atomic E-state index is 0.0308. The Morgan fingerprint density at radius 2 is 1.88 bits per heavy atom. The van der Waals surface area contributed by atoms with E-state index < -0.39 is 0 Å². The van der Waals surface area contributed by atoms with Gasteiger partial charge < -0.3 is 14.8 Å². The van der Waals surface area contributed by atoms with E-state index in [2.05, 4.69) is 34.7 Å². The summed E-state index contributed by atoms with van der Waals surface area (Å²) in [6.07, 6.45) is 3.74. The van der Waals surface area contributed by atoms with E-state index in [0.717, 1.165) is 30.3 Å². The molecule has 1 aliphatic heterocycles. The Morgan fingerprint density at radius 1 is 1.04 bits per heavy atom. The molecule has 1 aromatic heterocycles. The first-order chi connectivity index (χ1) is 11.9. The van der Waals surface area contributed by atoms with E-state index >= 15 is 0 Å². The number of nitrogens with one attached hydrogen (secondary N) is 1. The Hall–Kier alpha value is -2.79. The first-order valence-corrected chi connectivity index (χ1v) is 8.07. The Kier molecular flexibility index (Phi) is 4.16. The highest BCUT2D eigenvalue weighted by Crippen LogP contribution is 2.30. The number of ether oxygens (including phenoxy) is 2. The van der Waals surface area contributed by atoms with E-state index in [1.54, 1.807) is 6.20 Å². The van der Waals surface area contributed by atoms with Crippen LogP contribution in [-0.4, -0.2) is 29.0 Å². The fraction of sp³-hybridized carbons (Fsp3) is 0.211. The number of rotatable bonds is 5. The topological polar surface area (TPSA) is 48.3 Å². The molecule has 4 rings (SSSR count). The summed E-state index contributed by atoms with van der Waals surface area (Å²) in [6, 6.07) is 18.1. The molecule has 1 N–H and O–H groups in total. The van der Waals surface area contributed by atoms with Crippen LogP contribution in [0.4, 0.5) is 0 Å². The summed E-state index contributed by atoms with van der Waals surface area (Å²) in [5, 5.41) is 7.66. The van der Waals surface area contributed by atoms with Gasteiger partial charge in [0.15, 0.2) is 11.5 Å². The molecule has 2 aromatic carbocycles. The van der Waals surface area contributed by atoms with Crippen molar-refractivity contribution >= 4 is 0 Å². The van der Waals surface area contributed by atoms with E-state index in [9.17, 15) is 0 Å². The molecule has 122 valence electrons. The van der Waals surface area contributed by atoms with Gasteiger partial charge in [-0.15, -0.1) is 0 Å². The minimum absolute atomic E-state index is 0.0308. The van der Waals surface area contributed by atoms with Crippen molar-refractivity contribution in [2.75, 3.05) is 13.2 Å². The number of aromatic nitrogens is 2. The van der Waals surface area contributed by atoms with Gasteiger partial charge in [-0.25, -0.2) is 4.68 Å². The first kappa shape index (κ1) is 14.8. The maximum atomic E-state index is 5.94. The quantitative estimate of drug-likeness (QED) is 0.785. The van der Waals surface area contributed by atoms with Crippen LogP contribution in [0, 0.1) is 0 Å². The SMILES string of the molecule is c1ccc2c(c1)OCC(CNCc1ccc(-n3cccn3)cc1)O2. The van der Waals surface area contributed by atoms with Crippen LogP contribution in [0.25, 0.3) is 5.69 Å². The highest BCUT2D eigenvalue weighted by atomic mass is 16.6. The van der Waals surface area contributed by atoms with Crippen LogP contribution in [0.15, 0.2) is 67.0 Å². The third-order valence-corrected chi connectivity index (χ3v) is 3.97. The molecule has 0 bridgehead atoms. The van der Waals surface area contributed by atoms with Crippen LogP contribution in [0.3, 0.4) is 0 Å². The molecule has 0 aliphatic carbocycles. The molecule has 0 fully saturated rings. The Labute approximate surface area is 140 Å². The summed E-state index contributed by atoms with van der Waals surface area (Å²) in [5.41, 5.74) is 2.28. The Morgan fingerprint density at radius 3 is 2.67 bits per heavy atom. The lowest BCUT2D eigenvalue weighted by molar-refractivity contribution is 0.0902. The molecule has 5 nitrogen and oxygen atoms in total. The minimum Gasteiger partial charge on any atom is -0.486 e. The molecule has 1 atom stereocenters. The maximum absolute atomic E-state index is 5.94. The van der Waals surface area contributed by atoms with E-state index in [1.807, 2.05) is 41.2 Å². The van der Waals surface area contributed by atoms with Crippen molar-refractivity contribution in [1.82, 2.24) is 15.1 Å². The Balaban J connectivity index is 1.29. The average Bonchev–Trinajstić information content (AvgIpc) is 3.17. The van der Waals surface area contributed by atoms with E-state index in [-0.39, 0.29) is 6.10 Å². The van der Waals surface area contributed by atoms with Gasteiger partial charge in [-0.05, 0) is 35.9 Å². The van der Waals surface area contributed by atoms with E-state index in [1.165, 1.54) is 5.56 Å². The molecule has 24 heavy (non-hydrogen) atoms. The van der Waals surface area contributed by atoms with Crippen LogP contribution in [-0.2, 0) is 6.54 Å². The van der Waals surface area contributed by atoms with Gasteiger partial charge in [0.25, 0.3) is 0 Å². The number of hydrogen-bond donors (Lipinski definition) is 1. The molecule has 0 amide bonds. The molecule has 5 heteroatoms. The smallest absolute Gasteiger partial charge is 0.161 e. The lowest BCUT2D eigenvalue weighted by atomic mass is 10.2. The second-order valence-electron chi connectivity index (χ2n) is 5.75. The van der Waals surface area contributed by atoms with E-state index in [4.69, 9.17) is 9.47 Å². The molecule has 0 spiro atoms. The van der Waals surface area contributed by atoms with Crippen molar-refractivity contribution in [3.05, 3.63) is 72.6 Å². The fourth-order valence-electron chi connectivity index (χ4n) is 2.73. The summed E-state index contributed by atoms with van der Waals surface area (Å²) in [4.78, 5) is 0. The zero-order valence-corrected chi connectivity index (χ0v) is 13.3. The lowest BCUT2D eigenvalue weighted by Crippen LogP contribution is -2.38. The number of benzene rings is 2. The molecule has 0 saturated carbocycles. The summed E-state index contributed by atoms with van der Waals surface area (Å²) < 4.78 is 13.5. The zero-order chi connectivity index (χ0) is 16.2. The van der Waals surface area contributed by atoms with Gasteiger partial charge in [0.1, 0.15) is 12.7 Å². The van der Waals surface area contributed by atoms with Crippen molar-refractivity contribution in [1.29, 1.82) is 0 Å². The molecule has 0 radical (unpaired) electrons. The molecule has 1 aliphatic rings. The van der Waals surface area contributed by atoms with Crippen molar-refractivity contribution in [2.45, 2.75) is 12.6 Å². The van der Waals surface area contributed by atoms with Gasteiger partial charge in [-0.1, -0.05) is 24.3 Å². The van der Waals surface area contributed by atoms with Gasteiger partial charge in [0.05, 0.1) is 5.69 Å². The monoisotopic (exact) mass is 321 g/mol. The normalized spacial score (nSPS) is 16.1. The number of hydrogen-bond acceptors (Lipinski definition) is 4. The molecule has 3 aromatic rings. The summed E-state index contributed by atoms with van der Waals surface area (Å²) >= 11 is 0. The predicted octanol–water partition coefficient (Wildman–Crippen LogP) is 2.80. The Bertz CT molecular complexity index is 785. The van der Waals surface area contributed by atoms with Crippen LogP contribution >= 0.6 is 0 Å². The highest BCUT2D eigenvalue weighted by molar-refractivity contribution is 5.40. The second kappa shape index (κ2) is 6.76. The third-order valence-electron chi connectivity index (χ3n) is 3.97. The first-order valence-electron chi connectivity index (χ1n) is 8.07. The van der Waals surface area contributed by atoms with Crippen LogP contribution in [0.5, 0.6) is 11.5 Å². The van der Waals surface area contributed by atoms with Gasteiger partial charge in [-0.2, -0.15) is 5.10 Å². The van der Waals surface area contributed by atoms with Crippen molar-refractivity contribution < 1.29 is 9.47 Å². The second-order valence-corrected chi connectivity index (χ2v) is 5.75. The lowest BCUT2D eigenvalue weighted by Gasteiger charge is -2.26. The standard InChI is InChI=1S/C19H19N3O2/c1-2-5-19-18(4-1)23-14-17(24-19)13-20-12-15-6-8-16(9-7-15)22-11-3-10-21-22/h1-11,17,20H,12-14H2. The van der Waals surface area contributed by atoms with E-state index in [0.29, 0.717) is 6.61 Å². The van der Waals surface area contributed by atoms with Crippen LogP contribution < -0.4 is 14.8 Å². The summed E-state index contributed by atoms with van der Waals surface area (Å²) in [5.74, 6) is 1.64. The largest absolute Gasteiger partial charge is 0.486 e. The molecular formula is C19H19N3O2. The maximum Gasteiger partial charge on any atom is 0.161 e. The van der Waals surface area contributed by atoms with Gasteiger partial charge in [-0.3, -0.25) is 0 Å². The van der Waals surface area contributed by atoms with Crippen molar-refractivity contribution in [3.8, 4) is 17.2 Å². The number of nitrogens with zero attached hydrogens (tertiary/aromatic N) is 2. The van der Waals surface area contributed by atoms with Crippen LogP contribution in [0.1, 0.15) is 5.56 Å². The van der Waals surface area contributed by atoms with Gasteiger partial charge >= 0.3 is 0 Å².